The Morgan fingerprint density at radius 3 is 2.79 bits per heavy atom. The molecule has 1 N–H and O–H groups in total. The zero-order chi connectivity index (χ0) is 20.1. The Kier molecular flexibility index (Phi) is 5.96. The Bertz CT molecular complexity index is 1040. The standard InChI is InChI=1S/C20H19N5O2S/c1-13(19(26)22-15-8-6-7-14(11-15)12-21)28-20-24-23-18(25(20)2)16-9-4-5-10-17(16)27-3/h4-11,13H,1-3H3,(H,22,26). The van der Waals surface area contributed by atoms with E-state index in [1.807, 2.05) is 35.9 Å². The molecule has 0 saturated heterocycles. The Morgan fingerprint density at radius 2 is 2.04 bits per heavy atom. The van der Waals surface area contributed by atoms with Gasteiger partial charge in [0.15, 0.2) is 11.0 Å². The minimum Gasteiger partial charge on any atom is -0.496 e. The first-order chi connectivity index (χ1) is 13.5. The van der Waals surface area contributed by atoms with Crippen LogP contribution in [0.4, 0.5) is 5.69 Å². The molecule has 0 aliphatic rings. The van der Waals surface area contributed by atoms with Crippen LogP contribution in [0.25, 0.3) is 11.4 Å². The van der Waals surface area contributed by atoms with Crippen molar-refractivity contribution in [1.29, 1.82) is 5.26 Å². The summed E-state index contributed by atoms with van der Waals surface area (Å²) in [5, 5.41) is 20.5. The van der Waals surface area contributed by atoms with E-state index in [1.54, 1.807) is 38.3 Å². The van der Waals surface area contributed by atoms with E-state index in [0.717, 1.165) is 5.56 Å². The highest BCUT2D eigenvalue weighted by Gasteiger charge is 2.20. The van der Waals surface area contributed by atoms with E-state index < -0.39 is 5.25 Å². The molecule has 1 aromatic heterocycles. The summed E-state index contributed by atoms with van der Waals surface area (Å²) in [6.07, 6.45) is 0. The Hall–Kier alpha value is -3.31. The van der Waals surface area contributed by atoms with Crippen LogP contribution in [-0.2, 0) is 11.8 Å². The number of methoxy groups -OCH3 is 1. The molecular formula is C20H19N5O2S. The molecule has 0 aliphatic heterocycles. The van der Waals surface area contributed by atoms with Crippen LogP contribution in [0.1, 0.15) is 12.5 Å². The zero-order valence-corrected chi connectivity index (χ0v) is 16.5. The monoisotopic (exact) mass is 393 g/mol. The van der Waals surface area contributed by atoms with Gasteiger partial charge in [-0.3, -0.25) is 4.79 Å². The lowest BCUT2D eigenvalue weighted by Crippen LogP contribution is -2.22. The lowest BCUT2D eigenvalue weighted by atomic mass is 10.2. The van der Waals surface area contributed by atoms with E-state index in [2.05, 4.69) is 21.6 Å². The summed E-state index contributed by atoms with van der Waals surface area (Å²) in [5.74, 6) is 1.19. The third-order valence-corrected chi connectivity index (χ3v) is 5.23. The van der Waals surface area contributed by atoms with E-state index >= 15 is 0 Å². The lowest BCUT2D eigenvalue weighted by Gasteiger charge is -2.12. The van der Waals surface area contributed by atoms with Gasteiger partial charge in [0.25, 0.3) is 0 Å². The molecule has 1 unspecified atom stereocenters. The number of carbonyl (C=O) groups excluding carboxylic acids is 1. The fraction of sp³-hybridized carbons (Fsp3) is 0.200. The van der Waals surface area contributed by atoms with Gasteiger partial charge in [0.1, 0.15) is 5.75 Å². The topological polar surface area (TPSA) is 92.8 Å². The molecule has 1 atom stereocenters. The van der Waals surface area contributed by atoms with Gasteiger partial charge in [-0.1, -0.05) is 30.0 Å². The van der Waals surface area contributed by atoms with E-state index in [0.29, 0.717) is 28.0 Å². The average molecular weight is 393 g/mol. The maximum Gasteiger partial charge on any atom is 0.237 e. The van der Waals surface area contributed by atoms with E-state index in [1.165, 1.54) is 11.8 Å². The maximum atomic E-state index is 12.5. The van der Waals surface area contributed by atoms with Crippen molar-refractivity contribution in [3.63, 3.8) is 0 Å². The number of nitrogens with one attached hydrogen (secondary N) is 1. The Labute approximate surface area is 167 Å². The molecule has 1 heterocycles. The molecule has 3 rings (SSSR count). The first kappa shape index (κ1) is 19.5. The molecule has 8 heteroatoms. The number of thioether (sulfide) groups is 1. The third kappa shape index (κ3) is 4.15. The molecule has 0 spiro atoms. The van der Waals surface area contributed by atoms with Crippen molar-refractivity contribution in [2.75, 3.05) is 12.4 Å². The summed E-state index contributed by atoms with van der Waals surface area (Å²) in [5.41, 5.74) is 1.91. The molecule has 0 saturated carbocycles. The molecule has 142 valence electrons. The van der Waals surface area contributed by atoms with Crippen LogP contribution in [0, 0.1) is 11.3 Å². The molecule has 0 fully saturated rings. The highest BCUT2D eigenvalue weighted by Crippen LogP contribution is 2.31. The first-order valence-electron chi connectivity index (χ1n) is 8.54. The number of hydrogen-bond donors (Lipinski definition) is 1. The van der Waals surface area contributed by atoms with Crippen molar-refractivity contribution >= 4 is 23.4 Å². The quantitative estimate of drug-likeness (QED) is 0.645. The third-order valence-electron chi connectivity index (χ3n) is 4.09. The number of hydrogen-bond acceptors (Lipinski definition) is 6. The van der Waals surface area contributed by atoms with Gasteiger partial charge in [0.05, 0.1) is 29.6 Å². The number of amides is 1. The number of ether oxygens (including phenoxy) is 1. The average Bonchev–Trinajstić information content (AvgIpc) is 3.08. The van der Waals surface area contributed by atoms with Crippen molar-refractivity contribution in [2.45, 2.75) is 17.3 Å². The summed E-state index contributed by atoms with van der Waals surface area (Å²) >= 11 is 1.31. The van der Waals surface area contributed by atoms with Crippen molar-refractivity contribution in [1.82, 2.24) is 14.8 Å². The normalized spacial score (nSPS) is 11.5. The number of rotatable bonds is 6. The first-order valence-corrected chi connectivity index (χ1v) is 9.42. The van der Waals surface area contributed by atoms with Gasteiger partial charge in [-0.15, -0.1) is 10.2 Å². The molecular weight excluding hydrogens is 374 g/mol. The van der Waals surface area contributed by atoms with Crippen LogP contribution in [-0.4, -0.2) is 33.0 Å². The SMILES string of the molecule is COc1ccccc1-c1nnc(SC(C)C(=O)Nc2cccc(C#N)c2)n1C. The minimum atomic E-state index is -0.404. The van der Waals surface area contributed by atoms with Gasteiger partial charge in [0.2, 0.25) is 5.91 Å². The minimum absolute atomic E-state index is 0.179. The largest absolute Gasteiger partial charge is 0.496 e. The van der Waals surface area contributed by atoms with Gasteiger partial charge >= 0.3 is 0 Å². The van der Waals surface area contributed by atoms with E-state index in [-0.39, 0.29) is 5.91 Å². The van der Waals surface area contributed by atoms with Crippen LogP contribution in [0.3, 0.4) is 0 Å². The van der Waals surface area contributed by atoms with Gasteiger partial charge in [-0.2, -0.15) is 5.26 Å². The predicted molar refractivity (Wildman–Crippen MR) is 108 cm³/mol. The van der Waals surface area contributed by atoms with Crippen molar-refractivity contribution < 1.29 is 9.53 Å². The second-order valence-electron chi connectivity index (χ2n) is 6.01. The van der Waals surface area contributed by atoms with Crippen molar-refractivity contribution in [3.8, 4) is 23.2 Å². The van der Waals surface area contributed by atoms with Crippen molar-refractivity contribution in [3.05, 3.63) is 54.1 Å². The summed E-state index contributed by atoms with van der Waals surface area (Å²) in [6.45, 7) is 1.80. The van der Waals surface area contributed by atoms with Crippen LogP contribution < -0.4 is 10.1 Å². The predicted octanol–water partition coefficient (Wildman–Crippen LogP) is 3.48. The number of aromatic nitrogens is 3. The molecule has 0 aliphatic carbocycles. The second-order valence-corrected chi connectivity index (χ2v) is 7.32. The maximum absolute atomic E-state index is 12.5. The summed E-state index contributed by atoms with van der Waals surface area (Å²) in [6, 6.07) is 16.4. The zero-order valence-electron chi connectivity index (χ0n) is 15.7. The number of carbonyl (C=O) groups is 1. The molecule has 3 aromatic rings. The smallest absolute Gasteiger partial charge is 0.237 e. The second kappa shape index (κ2) is 8.59. The highest BCUT2D eigenvalue weighted by molar-refractivity contribution is 8.00. The fourth-order valence-corrected chi connectivity index (χ4v) is 3.42. The number of nitriles is 1. The molecule has 0 bridgehead atoms. The van der Waals surface area contributed by atoms with Crippen LogP contribution in [0.5, 0.6) is 5.75 Å². The summed E-state index contributed by atoms with van der Waals surface area (Å²) in [7, 11) is 3.46. The van der Waals surface area contributed by atoms with Gasteiger partial charge < -0.3 is 14.6 Å². The number of nitrogens with zero attached hydrogens (tertiary/aromatic N) is 4. The molecule has 7 nitrogen and oxygen atoms in total. The summed E-state index contributed by atoms with van der Waals surface area (Å²) < 4.78 is 7.23. The molecule has 1 amide bonds. The van der Waals surface area contributed by atoms with Crippen LogP contribution >= 0.6 is 11.8 Å². The van der Waals surface area contributed by atoms with Crippen molar-refractivity contribution in [2.24, 2.45) is 7.05 Å². The number of benzene rings is 2. The van der Waals surface area contributed by atoms with Gasteiger partial charge in [-0.05, 0) is 37.3 Å². The number of para-hydroxylation sites is 1. The molecule has 2 aromatic carbocycles. The highest BCUT2D eigenvalue weighted by atomic mass is 32.2. The Morgan fingerprint density at radius 1 is 1.25 bits per heavy atom. The number of anilines is 1. The lowest BCUT2D eigenvalue weighted by molar-refractivity contribution is -0.115. The fourth-order valence-electron chi connectivity index (χ4n) is 2.60. The Balaban J connectivity index is 1.74. The summed E-state index contributed by atoms with van der Waals surface area (Å²) in [4.78, 5) is 12.5. The van der Waals surface area contributed by atoms with Crippen LogP contribution in [0.15, 0.2) is 53.7 Å². The molecule has 28 heavy (non-hydrogen) atoms. The van der Waals surface area contributed by atoms with E-state index in [4.69, 9.17) is 10.00 Å². The van der Waals surface area contributed by atoms with Crippen LogP contribution in [0.2, 0.25) is 0 Å². The van der Waals surface area contributed by atoms with E-state index in [9.17, 15) is 4.79 Å². The van der Waals surface area contributed by atoms with Gasteiger partial charge in [0, 0.05) is 12.7 Å². The van der Waals surface area contributed by atoms with Gasteiger partial charge in [-0.25, -0.2) is 0 Å². The molecule has 0 radical (unpaired) electrons.